The van der Waals surface area contributed by atoms with Gasteiger partial charge < -0.3 is 11.1 Å². The molecule has 2 aromatic rings. The SMILES string of the molecule is Nc1cccc(Nc2ccc(Br)cc2F)c1[N+](=O)[O-]. The number of nitrogens with zero attached hydrogens (tertiary/aromatic N) is 1. The van der Waals surface area contributed by atoms with Gasteiger partial charge in [0.05, 0.1) is 10.6 Å². The summed E-state index contributed by atoms with van der Waals surface area (Å²) in [6.45, 7) is 0. The van der Waals surface area contributed by atoms with Gasteiger partial charge >= 0.3 is 5.69 Å². The minimum Gasteiger partial charge on any atom is -0.393 e. The highest BCUT2D eigenvalue weighted by atomic mass is 79.9. The number of nitrogens with two attached hydrogens (primary N) is 1. The summed E-state index contributed by atoms with van der Waals surface area (Å²) in [4.78, 5) is 10.4. The topological polar surface area (TPSA) is 81.2 Å². The molecular weight excluding hydrogens is 317 g/mol. The van der Waals surface area contributed by atoms with Crippen molar-refractivity contribution in [2.75, 3.05) is 11.1 Å². The van der Waals surface area contributed by atoms with Crippen LogP contribution in [0.4, 0.5) is 27.1 Å². The van der Waals surface area contributed by atoms with Gasteiger partial charge in [-0.05, 0) is 30.3 Å². The van der Waals surface area contributed by atoms with E-state index in [4.69, 9.17) is 5.73 Å². The molecule has 0 aliphatic heterocycles. The Labute approximate surface area is 116 Å². The van der Waals surface area contributed by atoms with Gasteiger partial charge in [0.1, 0.15) is 17.2 Å². The lowest BCUT2D eigenvalue weighted by atomic mass is 10.2. The van der Waals surface area contributed by atoms with Crippen LogP contribution in [0.15, 0.2) is 40.9 Å². The lowest BCUT2D eigenvalue weighted by molar-refractivity contribution is -0.383. The van der Waals surface area contributed by atoms with Crippen LogP contribution in [0.25, 0.3) is 0 Å². The predicted octanol–water partition coefficient (Wildman–Crippen LogP) is 3.82. The molecule has 0 heterocycles. The molecule has 0 spiro atoms. The number of rotatable bonds is 3. The molecule has 5 nitrogen and oxygen atoms in total. The van der Waals surface area contributed by atoms with Gasteiger partial charge in [0.25, 0.3) is 0 Å². The van der Waals surface area contributed by atoms with E-state index in [-0.39, 0.29) is 22.7 Å². The molecular formula is C12H9BrFN3O2. The fourth-order valence-electron chi connectivity index (χ4n) is 1.60. The van der Waals surface area contributed by atoms with Crippen LogP contribution in [0.2, 0.25) is 0 Å². The van der Waals surface area contributed by atoms with Crippen molar-refractivity contribution >= 4 is 38.7 Å². The molecule has 0 bridgehead atoms. The Balaban J connectivity index is 2.44. The van der Waals surface area contributed by atoms with E-state index in [1.54, 1.807) is 12.1 Å². The van der Waals surface area contributed by atoms with E-state index in [0.29, 0.717) is 4.47 Å². The van der Waals surface area contributed by atoms with Gasteiger partial charge in [-0.2, -0.15) is 0 Å². The van der Waals surface area contributed by atoms with Crippen molar-refractivity contribution in [3.8, 4) is 0 Å². The molecule has 0 saturated carbocycles. The Hall–Kier alpha value is -2.15. The summed E-state index contributed by atoms with van der Waals surface area (Å²) in [5, 5.41) is 13.6. The van der Waals surface area contributed by atoms with E-state index in [1.807, 2.05) is 0 Å². The number of benzene rings is 2. The van der Waals surface area contributed by atoms with Crippen molar-refractivity contribution < 1.29 is 9.31 Å². The fraction of sp³-hybridized carbons (Fsp3) is 0. The van der Waals surface area contributed by atoms with E-state index in [9.17, 15) is 14.5 Å². The maximum atomic E-state index is 13.7. The molecule has 0 aliphatic carbocycles. The summed E-state index contributed by atoms with van der Waals surface area (Å²) in [7, 11) is 0. The first-order chi connectivity index (χ1) is 8.99. The van der Waals surface area contributed by atoms with E-state index in [2.05, 4.69) is 21.2 Å². The fourth-order valence-corrected chi connectivity index (χ4v) is 1.94. The minimum atomic E-state index is -0.603. The second-order valence-corrected chi connectivity index (χ2v) is 4.67. The van der Waals surface area contributed by atoms with Gasteiger partial charge in [0.15, 0.2) is 0 Å². The highest BCUT2D eigenvalue weighted by Gasteiger charge is 2.18. The molecule has 2 aromatic carbocycles. The Morgan fingerprint density at radius 1 is 1.26 bits per heavy atom. The molecule has 0 saturated heterocycles. The number of para-hydroxylation sites is 1. The van der Waals surface area contributed by atoms with Crippen LogP contribution < -0.4 is 11.1 Å². The average molecular weight is 326 g/mol. The first kappa shape index (κ1) is 13.3. The quantitative estimate of drug-likeness (QED) is 0.510. The third-order valence-corrected chi connectivity index (χ3v) is 2.94. The number of hydrogen-bond acceptors (Lipinski definition) is 4. The molecule has 0 aliphatic rings. The zero-order chi connectivity index (χ0) is 14.0. The Kier molecular flexibility index (Phi) is 3.66. The van der Waals surface area contributed by atoms with Crippen molar-refractivity contribution in [2.45, 2.75) is 0 Å². The Morgan fingerprint density at radius 3 is 2.63 bits per heavy atom. The molecule has 3 N–H and O–H groups in total. The molecule has 98 valence electrons. The second kappa shape index (κ2) is 5.23. The normalized spacial score (nSPS) is 10.2. The van der Waals surface area contributed by atoms with E-state index >= 15 is 0 Å². The zero-order valence-corrected chi connectivity index (χ0v) is 11.1. The number of anilines is 3. The molecule has 0 fully saturated rings. The number of nitro groups is 1. The second-order valence-electron chi connectivity index (χ2n) is 3.75. The van der Waals surface area contributed by atoms with Crippen molar-refractivity contribution in [1.29, 1.82) is 0 Å². The Morgan fingerprint density at radius 2 is 2.00 bits per heavy atom. The third-order valence-electron chi connectivity index (χ3n) is 2.45. The molecule has 0 unspecified atom stereocenters. The van der Waals surface area contributed by atoms with Crippen LogP contribution >= 0.6 is 15.9 Å². The lowest BCUT2D eigenvalue weighted by Gasteiger charge is -2.09. The van der Waals surface area contributed by atoms with Gasteiger partial charge in [-0.1, -0.05) is 22.0 Å². The molecule has 7 heteroatoms. The molecule has 0 amide bonds. The Bertz CT molecular complexity index is 649. The van der Waals surface area contributed by atoms with Gasteiger partial charge in [0, 0.05) is 4.47 Å². The summed E-state index contributed by atoms with van der Waals surface area (Å²) < 4.78 is 14.3. The number of hydrogen-bond donors (Lipinski definition) is 2. The molecule has 19 heavy (non-hydrogen) atoms. The first-order valence-electron chi connectivity index (χ1n) is 5.24. The molecule has 0 atom stereocenters. The molecule has 0 radical (unpaired) electrons. The standard InChI is InChI=1S/C12H9BrFN3O2/c13-7-4-5-10(8(14)6-7)16-11-3-1-2-9(15)12(11)17(18)19/h1-6,16H,15H2. The summed E-state index contributed by atoms with van der Waals surface area (Å²) >= 11 is 3.14. The third kappa shape index (κ3) is 2.82. The largest absolute Gasteiger partial charge is 0.393 e. The summed E-state index contributed by atoms with van der Waals surface area (Å²) in [6.07, 6.45) is 0. The summed E-state index contributed by atoms with van der Waals surface area (Å²) in [5.41, 5.74) is 5.58. The maximum absolute atomic E-state index is 13.7. The average Bonchev–Trinajstić information content (AvgIpc) is 2.32. The van der Waals surface area contributed by atoms with Crippen LogP contribution in [0, 0.1) is 15.9 Å². The monoisotopic (exact) mass is 325 g/mol. The minimum absolute atomic E-state index is 0.0209. The van der Waals surface area contributed by atoms with Crippen LogP contribution in [0.5, 0.6) is 0 Å². The van der Waals surface area contributed by atoms with Crippen LogP contribution in [-0.2, 0) is 0 Å². The number of nitrogen functional groups attached to an aromatic ring is 1. The first-order valence-corrected chi connectivity index (χ1v) is 6.03. The number of halogens is 2. The van der Waals surface area contributed by atoms with E-state index < -0.39 is 10.7 Å². The summed E-state index contributed by atoms with van der Waals surface area (Å²) in [5.74, 6) is -0.522. The van der Waals surface area contributed by atoms with E-state index in [0.717, 1.165) is 0 Å². The van der Waals surface area contributed by atoms with Gasteiger partial charge in [-0.15, -0.1) is 0 Å². The van der Waals surface area contributed by atoms with Gasteiger partial charge in [0.2, 0.25) is 0 Å². The predicted molar refractivity (Wildman–Crippen MR) is 74.9 cm³/mol. The number of nitrogens with one attached hydrogen (secondary N) is 1. The van der Waals surface area contributed by atoms with E-state index in [1.165, 1.54) is 24.3 Å². The van der Waals surface area contributed by atoms with Crippen LogP contribution in [-0.4, -0.2) is 4.92 Å². The summed E-state index contributed by atoms with van der Waals surface area (Å²) in [6, 6.07) is 8.81. The highest BCUT2D eigenvalue weighted by molar-refractivity contribution is 9.10. The van der Waals surface area contributed by atoms with Gasteiger partial charge in [-0.25, -0.2) is 4.39 Å². The van der Waals surface area contributed by atoms with Crippen molar-refractivity contribution in [2.24, 2.45) is 0 Å². The molecule has 0 aromatic heterocycles. The zero-order valence-electron chi connectivity index (χ0n) is 9.56. The maximum Gasteiger partial charge on any atom is 0.315 e. The molecule has 2 rings (SSSR count). The van der Waals surface area contributed by atoms with Crippen molar-refractivity contribution in [3.63, 3.8) is 0 Å². The van der Waals surface area contributed by atoms with Crippen LogP contribution in [0.1, 0.15) is 0 Å². The van der Waals surface area contributed by atoms with Crippen LogP contribution in [0.3, 0.4) is 0 Å². The van der Waals surface area contributed by atoms with Crippen molar-refractivity contribution in [1.82, 2.24) is 0 Å². The number of nitro benzene ring substituents is 1. The lowest BCUT2D eigenvalue weighted by Crippen LogP contribution is -2.01. The smallest absolute Gasteiger partial charge is 0.315 e. The highest BCUT2D eigenvalue weighted by Crippen LogP contribution is 2.33. The van der Waals surface area contributed by atoms with Gasteiger partial charge in [-0.3, -0.25) is 10.1 Å². The van der Waals surface area contributed by atoms with Crippen molar-refractivity contribution in [3.05, 3.63) is 56.8 Å².